The largest absolute Gasteiger partial charge is 0.508 e. The number of carboxylic acids is 1. The molecule has 1 saturated heterocycles. The van der Waals surface area contributed by atoms with Gasteiger partial charge in [0.15, 0.2) is 0 Å². The Hall–Kier alpha value is -1.07. The number of aromatic hydroxyl groups is 1. The zero-order valence-electron chi connectivity index (χ0n) is 11.6. The predicted molar refractivity (Wildman–Crippen MR) is 80.7 cm³/mol. The van der Waals surface area contributed by atoms with E-state index in [-0.39, 0.29) is 5.75 Å². The van der Waals surface area contributed by atoms with Crippen LogP contribution in [0.2, 0.25) is 0 Å². The molecular formula is C15H20BrNO3. The van der Waals surface area contributed by atoms with Crippen LogP contribution < -0.4 is 0 Å². The summed E-state index contributed by atoms with van der Waals surface area (Å²) in [5.41, 5.74) is 0.191. The number of halogens is 1. The highest BCUT2D eigenvalue weighted by molar-refractivity contribution is 9.10. The van der Waals surface area contributed by atoms with Gasteiger partial charge in [0.05, 0.1) is 5.41 Å². The van der Waals surface area contributed by atoms with E-state index >= 15 is 0 Å². The fourth-order valence-corrected chi connectivity index (χ4v) is 3.31. The van der Waals surface area contributed by atoms with Crippen LogP contribution in [0.25, 0.3) is 0 Å². The fraction of sp³-hybridized carbons (Fsp3) is 0.533. The van der Waals surface area contributed by atoms with E-state index in [1.165, 1.54) is 0 Å². The Morgan fingerprint density at radius 2 is 2.25 bits per heavy atom. The molecule has 0 spiro atoms. The Morgan fingerprint density at radius 3 is 2.90 bits per heavy atom. The number of hydrogen-bond donors (Lipinski definition) is 2. The van der Waals surface area contributed by atoms with Gasteiger partial charge in [-0.25, -0.2) is 0 Å². The van der Waals surface area contributed by atoms with Crippen molar-refractivity contribution in [3.8, 4) is 5.75 Å². The average molecular weight is 342 g/mol. The van der Waals surface area contributed by atoms with Crippen molar-refractivity contribution in [2.75, 3.05) is 13.1 Å². The summed E-state index contributed by atoms with van der Waals surface area (Å²) >= 11 is 3.40. The Kier molecular flexibility index (Phi) is 4.70. The van der Waals surface area contributed by atoms with Crippen LogP contribution in [-0.4, -0.2) is 34.2 Å². The third-order valence-corrected chi connectivity index (χ3v) is 4.72. The first-order chi connectivity index (χ1) is 9.47. The van der Waals surface area contributed by atoms with Gasteiger partial charge in [-0.2, -0.15) is 0 Å². The van der Waals surface area contributed by atoms with Crippen molar-refractivity contribution in [1.82, 2.24) is 4.90 Å². The summed E-state index contributed by atoms with van der Waals surface area (Å²) in [5.74, 6) is -0.445. The van der Waals surface area contributed by atoms with Crippen LogP contribution in [-0.2, 0) is 11.3 Å². The number of carboxylic acid groups (broad SMARTS) is 1. The molecule has 2 rings (SSSR count). The van der Waals surface area contributed by atoms with Gasteiger partial charge in [0.1, 0.15) is 5.75 Å². The van der Waals surface area contributed by atoms with Crippen LogP contribution >= 0.6 is 15.9 Å². The van der Waals surface area contributed by atoms with Gasteiger partial charge in [0.2, 0.25) is 0 Å². The summed E-state index contributed by atoms with van der Waals surface area (Å²) in [6.07, 6.45) is 2.26. The summed E-state index contributed by atoms with van der Waals surface area (Å²) in [6, 6.07) is 5.34. The minimum Gasteiger partial charge on any atom is -0.508 e. The van der Waals surface area contributed by atoms with Gasteiger partial charge < -0.3 is 10.2 Å². The van der Waals surface area contributed by atoms with Gasteiger partial charge in [0.25, 0.3) is 0 Å². The number of rotatable bonds is 4. The van der Waals surface area contributed by atoms with E-state index in [4.69, 9.17) is 0 Å². The van der Waals surface area contributed by atoms with Crippen LogP contribution in [0, 0.1) is 5.41 Å². The van der Waals surface area contributed by atoms with Crippen molar-refractivity contribution in [3.63, 3.8) is 0 Å². The second-order valence-electron chi connectivity index (χ2n) is 5.53. The first-order valence-electron chi connectivity index (χ1n) is 6.90. The SMILES string of the molecule is CCC1(C(=O)O)CCCN(Cc2cc(Br)ccc2O)C1. The quantitative estimate of drug-likeness (QED) is 0.882. The number of hydrogen-bond acceptors (Lipinski definition) is 3. The van der Waals surface area contributed by atoms with E-state index in [2.05, 4.69) is 20.8 Å². The first kappa shape index (κ1) is 15.3. The van der Waals surface area contributed by atoms with Crippen molar-refractivity contribution in [3.05, 3.63) is 28.2 Å². The number of phenols is 1. The highest BCUT2D eigenvalue weighted by Gasteiger charge is 2.40. The van der Waals surface area contributed by atoms with Gasteiger partial charge in [0, 0.05) is 23.1 Å². The number of aliphatic carboxylic acids is 1. The van der Waals surface area contributed by atoms with Crippen LogP contribution in [0.15, 0.2) is 22.7 Å². The van der Waals surface area contributed by atoms with Gasteiger partial charge >= 0.3 is 5.97 Å². The van der Waals surface area contributed by atoms with Gasteiger partial charge in [-0.15, -0.1) is 0 Å². The molecule has 110 valence electrons. The lowest BCUT2D eigenvalue weighted by atomic mass is 9.77. The number of carbonyl (C=O) groups is 1. The van der Waals surface area contributed by atoms with Crippen molar-refractivity contribution in [1.29, 1.82) is 0 Å². The van der Waals surface area contributed by atoms with Crippen molar-refractivity contribution in [2.45, 2.75) is 32.7 Å². The molecule has 0 bridgehead atoms. The Labute approximate surface area is 127 Å². The minimum absolute atomic E-state index is 0.260. The number of piperidine rings is 1. The summed E-state index contributed by atoms with van der Waals surface area (Å²) in [4.78, 5) is 13.7. The molecule has 5 heteroatoms. The zero-order valence-corrected chi connectivity index (χ0v) is 13.2. The molecule has 1 aromatic rings. The molecule has 2 N–H and O–H groups in total. The molecule has 1 atom stereocenters. The highest BCUT2D eigenvalue weighted by atomic mass is 79.9. The maximum atomic E-state index is 11.5. The van der Waals surface area contributed by atoms with E-state index in [1.807, 2.05) is 13.0 Å². The lowest BCUT2D eigenvalue weighted by Gasteiger charge is -2.39. The van der Waals surface area contributed by atoms with Gasteiger partial charge in [-0.1, -0.05) is 22.9 Å². The minimum atomic E-state index is -0.705. The zero-order chi connectivity index (χ0) is 14.8. The molecule has 1 aromatic carbocycles. The standard InChI is InChI=1S/C15H20BrNO3/c1-2-15(14(19)20)6-3-7-17(10-15)9-11-8-12(16)4-5-13(11)18/h4-5,8,18H,2-3,6-7,9-10H2,1H3,(H,19,20). The van der Waals surface area contributed by atoms with Crippen LogP contribution in [0.5, 0.6) is 5.75 Å². The highest BCUT2D eigenvalue weighted by Crippen LogP contribution is 2.35. The molecule has 1 heterocycles. The summed E-state index contributed by atoms with van der Waals surface area (Å²) in [6.45, 7) is 3.94. The van der Waals surface area contributed by atoms with Crippen LogP contribution in [0.1, 0.15) is 31.7 Å². The van der Waals surface area contributed by atoms with Gasteiger partial charge in [-0.3, -0.25) is 9.69 Å². The van der Waals surface area contributed by atoms with Crippen molar-refractivity contribution < 1.29 is 15.0 Å². The molecule has 4 nitrogen and oxygen atoms in total. The van der Waals surface area contributed by atoms with E-state index in [1.54, 1.807) is 12.1 Å². The third-order valence-electron chi connectivity index (χ3n) is 4.22. The summed E-state index contributed by atoms with van der Waals surface area (Å²) in [5, 5.41) is 19.4. The Morgan fingerprint density at radius 1 is 1.50 bits per heavy atom. The monoisotopic (exact) mass is 341 g/mol. The molecule has 20 heavy (non-hydrogen) atoms. The first-order valence-corrected chi connectivity index (χ1v) is 7.69. The predicted octanol–water partition coefficient (Wildman–Crippen LogP) is 3.23. The van der Waals surface area contributed by atoms with E-state index in [0.717, 1.165) is 29.4 Å². The maximum absolute atomic E-state index is 11.5. The summed E-state index contributed by atoms with van der Waals surface area (Å²) < 4.78 is 0.919. The molecule has 0 saturated carbocycles. The average Bonchev–Trinajstić information content (AvgIpc) is 2.43. The van der Waals surface area contributed by atoms with E-state index in [9.17, 15) is 15.0 Å². The number of nitrogens with zero attached hydrogens (tertiary/aromatic N) is 1. The lowest BCUT2D eigenvalue weighted by Crippen LogP contribution is -2.47. The molecule has 0 amide bonds. The van der Waals surface area contributed by atoms with E-state index in [0.29, 0.717) is 19.5 Å². The Bertz CT molecular complexity index is 506. The second-order valence-corrected chi connectivity index (χ2v) is 6.44. The maximum Gasteiger partial charge on any atom is 0.310 e. The second kappa shape index (κ2) is 6.14. The molecule has 1 unspecified atom stereocenters. The molecule has 1 aliphatic rings. The molecule has 0 aliphatic carbocycles. The molecule has 1 aliphatic heterocycles. The smallest absolute Gasteiger partial charge is 0.310 e. The number of likely N-dealkylation sites (tertiary alicyclic amines) is 1. The lowest BCUT2D eigenvalue weighted by molar-refractivity contribution is -0.153. The van der Waals surface area contributed by atoms with Crippen LogP contribution in [0.3, 0.4) is 0 Å². The van der Waals surface area contributed by atoms with E-state index < -0.39 is 11.4 Å². The fourth-order valence-electron chi connectivity index (χ4n) is 2.90. The van der Waals surface area contributed by atoms with Crippen LogP contribution in [0.4, 0.5) is 0 Å². The third kappa shape index (κ3) is 3.15. The molecule has 1 fully saturated rings. The normalized spacial score (nSPS) is 23.7. The number of phenolic OH excluding ortho intramolecular Hbond substituents is 1. The van der Waals surface area contributed by atoms with Crippen molar-refractivity contribution in [2.24, 2.45) is 5.41 Å². The topological polar surface area (TPSA) is 60.8 Å². The van der Waals surface area contributed by atoms with Crippen molar-refractivity contribution >= 4 is 21.9 Å². The molecular weight excluding hydrogens is 322 g/mol. The molecule has 0 radical (unpaired) electrons. The summed E-state index contributed by atoms with van der Waals surface area (Å²) in [7, 11) is 0. The number of benzene rings is 1. The molecule has 0 aromatic heterocycles. The Balaban J connectivity index is 2.13. The van der Waals surface area contributed by atoms with Gasteiger partial charge in [-0.05, 0) is 44.0 Å².